The molecular weight excluding hydrogens is 204 g/mol. The van der Waals surface area contributed by atoms with Crippen molar-refractivity contribution < 1.29 is 4.74 Å². The van der Waals surface area contributed by atoms with Crippen LogP contribution in [0.5, 0.6) is 0 Å². The molecule has 16 heavy (non-hydrogen) atoms. The molecule has 1 aromatic heterocycles. The van der Waals surface area contributed by atoms with E-state index < -0.39 is 0 Å². The van der Waals surface area contributed by atoms with Crippen LogP contribution < -0.4 is 11.1 Å². The SMILES string of the molecule is CCOC(C)CNc1cc(N)nc(CC)n1. The van der Waals surface area contributed by atoms with Crippen LogP contribution in [0.1, 0.15) is 26.6 Å². The Morgan fingerprint density at radius 2 is 2.19 bits per heavy atom. The molecule has 1 atom stereocenters. The first-order valence-corrected chi connectivity index (χ1v) is 5.64. The number of nitrogens with two attached hydrogens (primary N) is 1. The zero-order valence-corrected chi connectivity index (χ0v) is 10.2. The molecule has 5 nitrogen and oxygen atoms in total. The van der Waals surface area contributed by atoms with E-state index in [0.717, 1.165) is 24.7 Å². The highest BCUT2D eigenvalue weighted by molar-refractivity contribution is 5.44. The van der Waals surface area contributed by atoms with Crippen LogP contribution in [0.25, 0.3) is 0 Å². The van der Waals surface area contributed by atoms with Crippen LogP contribution in [0, 0.1) is 0 Å². The van der Waals surface area contributed by atoms with Crippen LogP contribution in [0.15, 0.2) is 6.07 Å². The van der Waals surface area contributed by atoms with Gasteiger partial charge in [0.15, 0.2) is 0 Å². The number of nitrogens with zero attached hydrogens (tertiary/aromatic N) is 2. The van der Waals surface area contributed by atoms with Crippen molar-refractivity contribution in [1.29, 1.82) is 0 Å². The van der Waals surface area contributed by atoms with Crippen molar-refractivity contribution >= 4 is 11.6 Å². The minimum atomic E-state index is 0.159. The largest absolute Gasteiger partial charge is 0.384 e. The summed E-state index contributed by atoms with van der Waals surface area (Å²) in [5.41, 5.74) is 5.68. The molecule has 5 heteroatoms. The average Bonchev–Trinajstić information content (AvgIpc) is 2.26. The average molecular weight is 224 g/mol. The summed E-state index contributed by atoms with van der Waals surface area (Å²) in [7, 11) is 0. The molecule has 1 unspecified atom stereocenters. The smallest absolute Gasteiger partial charge is 0.132 e. The molecule has 0 aliphatic rings. The predicted octanol–water partition coefficient (Wildman–Crippen LogP) is 1.46. The number of aryl methyl sites for hydroxylation is 1. The van der Waals surface area contributed by atoms with Crippen LogP contribution in [0.2, 0.25) is 0 Å². The molecular formula is C11H20N4O. The Morgan fingerprint density at radius 3 is 2.81 bits per heavy atom. The monoisotopic (exact) mass is 224 g/mol. The second-order valence-electron chi connectivity index (χ2n) is 3.59. The number of nitrogens with one attached hydrogen (secondary N) is 1. The maximum absolute atomic E-state index is 5.68. The number of hydrogen-bond acceptors (Lipinski definition) is 5. The van der Waals surface area contributed by atoms with Gasteiger partial charge >= 0.3 is 0 Å². The fourth-order valence-corrected chi connectivity index (χ4v) is 1.36. The zero-order chi connectivity index (χ0) is 12.0. The van der Waals surface area contributed by atoms with Gasteiger partial charge in [0, 0.05) is 25.6 Å². The maximum Gasteiger partial charge on any atom is 0.132 e. The molecule has 0 radical (unpaired) electrons. The lowest BCUT2D eigenvalue weighted by Crippen LogP contribution is -2.20. The fourth-order valence-electron chi connectivity index (χ4n) is 1.36. The number of nitrogen functional groups attached to an aromatic ring is 1. The molecule has 0 amide bonds. The molecule has 1 rings (SSSR count). The normalized spacial score (nSPS) is 12.4. The van der Waals surface area contributed by atoms with Crippen molar-refractivity contribution in [2.24, 2.45) is 0 Å². The van der Waals surface area contributed by atoms with Gasteiger partial charge in [-0.15, -0.1) is 0 Å². The summed E-state index contributed by atoms with van der Waals surface area (Å²) in [5, 5.41) is 3.19. The molecule has 0 fully saturated rings. The summed E-state index contributed by atoms with van der Waals surface area (Å²) in [6.07, 6.45) is 0.937. The van der Waals surface area contributed by atoms with E-state index in [4.69, 9.17) is 10.5 Å². The summed E-state index contributed by atoms with van der Waals surface area (Å²) >= 11 is 0. The van der Waals surface area contributed by atoms with Crippen molar-refractivity contribution in [1.82, 2.24) is 9.97 Å². The number of hydrogen-bond donors (Lipinski definition) is 2. The third kappa shape index (κ3) is 4.02. The molecule has 0 bridgehead atoms. The second-order valence-corrected chi connectivity index (χ2v) is 3.59. The van der Waals surface area contributed by atoms with Gasteiger partial charge < -0.3 is 15.8 Å². The first-order valence-electron chi connectivity index (χ1n) is 5.64. The number of ether oxygens (including phenoxy) is 1. The van der Waals surface area contributed by atoms with Gasteiger partial charge in [0.2, 0.25) is 0 Å². The Balaban J connectivity index is 2.56. The van der Waals surface area contributed by atoms with Crippen molar-refractivity contribution in [3.63, 3.8) is 0 Å². The van der Waals surface area contributed by atoms with Crippen molar-refractivity contribution in [3.8, 4) is 0 Å². The molecule has 0 saturated carbocycles. The highest BCUT2D eigenvalue weighted by Crippen LogP contribution is 2.08. The fraction of sp³-hybridized carbons (Fsp3) is 0.636. The summed E-state index contributed by atoms with van der Waals surface area (Å²) in [5.74, 6) is 2.01. The van der Waals surface area contributed by atoms with E-state index in [2.05, 4.69) is 15.3 Å². The number of anilines is 2. The lowest BCUT2D eigenvalue weighted by Gasteiger charge is -2.13. The van der Waals surface area contributed by atoms with Crippen LogP contribution >= 0.6 is 0 Å². The van der Waals surface area contributed by atoms with Gasteiger partial charge in [0.25, 0.3) is 0 Å². The third-order valence-electron chi connectivity index (χ3n) is 2.13. The lowest BCUT2D eigenvalue weighted by molar-refractivity contribution is 0.0855. The first-order chi connectivity index (χ1) is 7.65. The molecule has 0 aromatic carbocycles. The summed E-state index contributed by atoms with van der Waals surface area (Å²) in [6.45, 7) is 7.43. The van der Waals surface area contributed by atoms with Gasteiger partial charge in [-0.05, 0) is 13.8 Å². The van der Waals surface area contributed by atoms with Crippen LogP contribution in [0.4, 0.5) is 11.6 Å². The Kier molecular flexibility index (Phi) is 4.98. The Labute approximate surface area is 96.4 Å². The van der Waals surface area contributed by atoms with Gasteiger partial charge in [-0.2, -0.15) is 0 Å². The maximum atomic E-state index is 5.68. The van der Waals surface area contributed by atoms with Crippen molar-refractivity contribution in [2.75, 3.05) is 24.2 Å². The molecule has 0 aliphatic carbocycles. The number of rotatable bonds is 6. The van der Waals surface area contributed by atoms with E-state index in [1.807, 2.05) is 20.8 Å². The quantitative estimate of drug-likeness (QED) is 0.765. The van der Waals surface area contributed by atoms with Gasteiger partial charge in [0.1, 0.15) is 17.5 Å². The lowest BCUT2D eigenvalue weighted by atomic mass is 10.4. The van der Waals surface area contributed by atoms with Crippen LogP contribution in [0.3, 0.4) is 0 Å². The minimum Gasteiger partial charge on any atom is -0.384 e. The standard InChI is InChI=1S/C11H20N4O/c1-4-10-14-9(12)6-11(15-10)13-7-8(3)16-5-2/h6,8H,4-5,7H2,1-3H3,(H3,12,13,14,15). The topological polar surface area (TPSA) is 73.1 Å². The molecule has 1 aromatic rings. The van der Waals surface area contributed by atoms with E-state index in [-0.39, 0.29) is 6.10 Å². The van der Waals surface area contributed by atoms with E-state index in [0.29, 0.717) is 12.4 Å². The van der Waals surface area contributed by atoms with Gasteiger partial charge in [-0.3, -0.25) is 0 Å². The van der Waals surface area contributed by atoms with Crippen molar-refractivity contribution in [2.45, 2.75) is 33.3 Å². The minimum absolute atomic E-state index is 0.159. The summed E-state index contributed by atoms with van der Waals surface area (Å²) < 4.78 is 5.41. The van der Waals surface area contributed by atoms with Gasteiger partial charge in [-0.25, -0.2) is 9.97 Å². The van der Waals surface area contributed by atoms with Crippen LogP contribution in [-0.4, -0.2) is 29.2 Å². The molecule has 0 spiro atoms. The molecule has 0 aliphatic heterocycles. The Bertz CT molecular complexity index is 330. The summed E-state index contributed by atoms with van der Waals surface area (Å²) in [4.78, 5) is 8.44. The first kappa shape index (κ1) is 12.7. The van der Waals surface area contributed by atoms with E-state index in [1.54, 1.807) is 6.07 Å². The number of aromatic nitrogens is 2. The van der Waals surface area contributed by atoms with E-state index in [1.165, 1.54) is 0 Å². The van der Waals surface area contributed by atoms with Gasteiger partial charge in [-0.1, -0.05) is 6.92 Å². The Hall–Kier alpha value is -1.36. The third-order valence-corrected chi connectivity index (χ3v) is 2.13. The van der Waals surface area contributed by atoms with Gasteiger partial charge in [0.05, 0.1) is 6.10 Å². The summed E-state index contributed by atoms with van der Waals surface area (Å²) in [6, 6.07) is 1.73. The molecule has 0 saturated heterocycles. The predicted molar refractivity (Wildman–Crippen MR) is 65.4 cm³/mol. The molecule has 90 valence electrons. The highest BCUT2D eigenvalue weighted by Gasteiger charge is 2.03. The second kappa shape index (κ2) is 6.27. The van der Waals surface area contributed by atoms with E-state index >= 15 is 0 Å². The zero-order valence-electron chi connectivity index (χ0n) is 10.2. The van der Waals surface area contributed by atoms with Crippen LogP contribution in [-0.2, 0) is 11.2 Å². The molecule has 3 N–H and O–H groups in total. The molecule has 1 heterocycles. The highest BCUT2D eigenvalue weighted by atomic mass is 16.5. The Morgan fingerprint density at radius 1 is 1.44 bits per heavy atom. The van der Waals surface area contributed by atoms with Crippen molar-refractivity contribution in [3.05, 3.63) is 11.9 Å². The van der Waals surface area contributed by atoms with E-state index in [9.17, 15) is 0 Å².